The number of rotatable bonds is 7. The summed E-state index contributed by atoms with van der Waals surface area (Å²) in [7, 11) is -3.37. The van der Waals surface area contributed by atoms with Crippen molar-refractivity contribution in [1.82, 2.24) is 0 Å². The van der Waals surface area contributed by atoms with E-state index in [9.17, 15) is 22.0 Å². The molecule has 3 aromatic rings. The number of carboxylic acids is 1. The molecule has 0 aliphatic rings. The number of benzene rings is 3. The number of hydrogen-bond donors (Lipinski definition) is 1. The Kier molecular flexibility index (Phi) is 5.81. The SMILES string of the molecule is CCS(=O)(=O)c1ccc(Oc2cc(CC(=O)O)cc3ccc(C(C)(F)F)cc23)cc1. The predicted molar refractivity (Wildman–Crippen MR) is 109 cm³/mol. The topological polar surface area (TPSA) is 80.7 Å². The summed E-state index contributed by atoms with van der Waals surface area (Å²) >= 11 is 0. The average Bonchev–Trinajstić information content (AvgIpc) is 2.67. The van der Waals surface area contributed by atoms with Crippen molar-refractivity contribution in [2.24, 2.45) is 0 Å². The van der Waals surface area contributed by atoms with Crippen molar-refractivity contribution in [2.45, 2.75) is 31.1 Å². The molecule has 1 N–H and O–H groups in total. The molecule has 0 fully saturated rings. The molecule has 5 nitrogen and oxygen atoms in total. The minimum atomic E-state index is -3.37. The van der Waals surface area contributed by atoms with Crippen molar-refractivity contribution < 1.29 is 31.8 Å². The van der Waals surface area contributed by atoms with Crippen LogP contribution in [0.15, 0.2) is 59.5 Å². The fraction of sp³-hybridized carbons (Fsp3) is 0.227. The van der Waals surface area contributed by atoms with Crippen LogP contribution in [0.2, 0.25) is 0 Å². The fourth-order valence-corrected chi connectivity index (χ4v) is 3.91. The number of fused-ring (bicyclic) bond motifs is 1. The third-order valence-corrected chi connectivity index (χ3v) is 6.38. The van der Waals surface area contributed by atoms with Gasteiger partial charge >= 0.3 is 5.97 Å². The van der Waals surface area contributed by atoms with Crippen molar-refractivity contribution in [3.8, 4) is 11.5 Å². The molecule has 0 aromatic heterocycles. The van der Waals surface area contributed by atoms with Crippen LogP contribution in [0.25, 0.3) is 10.8 Å². The zero-order chi connectivity index (χ0) is 22.1. The Hall–Kier alpha value is -3.00. The maximum atomic E-state index is 13.8. The van der Waals surface area contributed by atoms with Gasteiger partial charge in [0, 0.05) is 17.9 Å². The van der Waals surface area contributed by atoms with Crippen LogP contribution in [0, 0.1) is 0 Å². The monoisotopic (exact) mass is 434 g/mol. The third kappa shape index (κ3) is 4.76. The van der Waals surface area contributed by atoms with Gasteiger partial charge in [-0.05, 0) is 47.3 Å². The Balaban J connectivity index is 2.08. The second kappa shape index (κ2) is 8.02. The standard InChI is InChI=1S/C22H20F2O5S/c1-3-30(27,28)18-8-6-17(7-9-18)29-20-11-14(12-21(25)26)10-15-4-5-16(13-19(15)20)22(2,23)24/h4-11,13H,3,12H2,1-2H3,(H,25,26). The number of alkyl halides is 2. The van der Waals surface area contributed by atoms with E-state index >= 15 is 0 Å². The molecular formula is C22H20F2O5S. The smallest absolute Gasteiger partial charge is 0.307 e. The molecule has 0 saturated heterocycles. The van der Waals surface area contributed by atoms with E-state index in [1.807, 2.05) is 0 Å². The van der Waals surface area contributed by atoms with Gasteiger partial charge in [0.2, 0.25) is 0 Å². The summed E-state index contributed by atoms with van der Waals surface area (Å²) in [4.78, 5) is 11.3. The van der Waals surface area contributed by atoms with Gasteiger partial charge in [0.1, 0.15) is 11.5 Å². The second-order valence-corrected chi connectivity index (χ2v) is 9.24. The van der Waals surface area contributed by atoms with Gasteiger partial charge in [-0.1, -0.05) is 25.1 Å². The van der Waals surface area contributed by atoms with Crippen molar-refractivity contribution in [2.75, 3.05) is 5.75 Å². The van der Waals surface area contributed by atoms with E-state index in [0.29, 0.717) is 22.1 Å². The largest absolute Gasteiger partial charge is 0.481 e. The molecule has 0 amide bonds. The molecule has 8 heteroatoms. The molecule has 0 saturated carbocycles. The van der Waals surface area contributed by atoms with Crippen molar-refractivity contribution >= 4 is 26.6 Å². The summed E-state index contributed by atoms with van der Waals surface area (Å²) in [5.74, 6) is -3.62. The van der Waals surface area contributed by atoms with Crippen LogP contribution in [0.5, 0.6) is 11.5 Å². The van der Waals surface area contributed by atoms with Gasteiger partial charge < -0.3 is 9.84 Å². The highest BCUT2D eigenvalue weighted by Crippen LogP contribution is 2.36. The van der Waals surface area contributed by atoms with Gasteiger partial charge in [0.15, 0.2) is 9.84 Å². The fourth-order valence-electron chi connectivity index (χ4n) is 3.03. The lowest BCUT2D eigenvalue weighted by Crippen LogP contribution is -2.07. The molecule has 0 aliphatic carbocycles. The summed E-state index contributed by atoms with van der Waals surface area (Å²) in [6, 6.07) is 13.0. The highest BCUT2D eigenvalue weighted by Gasteiger charge is 2.25. The van der Waals surface area contributed by atoms with E-state index in [2.05, 4.69) is 0 Å². The van der Waals surface area contributed by atoms with Crippen LogP contribution >= 0.6 is 0 Å². The quantitative estimate of drug-likeness (QED) is 0.555. The summed E-state index contributed by atoms with van der Waals surface area (Å²) in [6.45, 7) is 2.33. The van der Waals surface area contributed by atoms with Crippen LogP contribution < -0.4 is 4.74 Å². The lowest BCUT2D eigenvalue weighted by atomic mass is 9.99. The van der Waals surface area contributed by atoms with E-state index in [-0.39, 0.29) is 28.4 Å². The molecule has 0 radical (unpaired) electrons. The van der Waals surface area contributed by atoms with E-state index < -0.39 is 21.7 Å². The Bertz CT molecular complexity index is 1200. The van der Waals surface area contributed by atoms with Gasteiger partial charge in [-0.3, -0.25) is 4.79 Å². The average molecular weight is 434 g/mol. The zero-order valence-electron chi connectivity index (χ0n) is 16.4. The number of hydrogen-bond acceptors (Lipinski definition) is 4. The van der Waals surface area contributed by atoms with Crippen LogP contribution in [0.4, 0.5) is 8.78 Å². The number of carboxylic acid groups (broad SMARTS) is 1. The molecule has 0 atom stereocenters. The van der Waals surface area contributed by atoms with E-state index in [0.717, 1.165) is 6.92 Å². The van der Waals surface area contributed by atoms with Crippen LogP contribution in [0.3, 0.4) is 0 Å². The van der Waals surface area contributed by atoms with E-state index in [4.69, 9.17) is 9.84 Å². The molecule has 3 aromatic carbocycles. The number of halogens is 2. The Labute approximate surface area is 172 Å². The molecule has 3 rings (SSSR count). The molecule has 0 aliphatic heterocycles. The minimum absolute atomic E-state index is 0.0386. The summed E-state index contributed by atoms with van der Waals surface area (Å²) < 4.78 is 57.4. The van der Waals surface area contributed by atoms with Crippen LogP contribution in [-0.2, 0) is 27.0 Å². The molecule has 0 spiro atoms. The maximum absolute atomic E-state index is 13.8. The first kappa shape index (κ1) is 21.7. The third-order valence-electron chi connectivity index (χ3n) is 4.63. The molecular weight excluding hydrogens is 414 g/mol. The Morgan fingerprint density at radius 3 is 2.30 bits per heavy atom. The van der Waals surface area contributed by atoms with Crippen LogP contribution in [-0.4, -0.2) is 25.2 Å². The molecule has 0 heterocycles. The first-order chi connectivity index (χ1) is 14.0. The number of sulfone groups is 1. The van der Waals surface area contributed by atoms with Gasteiger partial charge in [-0.2, -0.15) is 0 Å². The predicted octanol–water partition coefficient (Wildman–Crippen LogP) is 5.16. The summed E-state index contributed by atoms with van der Waals surface area (Å²) in [6.07, 6.45) is -0.258. The summed E-state index contributed by atoms with van der Waals surface area (Å²) in [5, 5.41) is 10.1. The normalized spacial score (nSPS) is 12.1. The highest BCUT2D eigenvalue weighted by molar-refractivity contribution is 7.91. The second-order valence-electron chi connectivity index (χ2n) is 6.97. The lowest BCUT2D eigenvalue weighted by molar-refractivity contribution is -0.136. The van der Waals surface area contributed by atoms with Crippen LogP contribution in [0.1, 0.15) is 25.0 Å². The Morgan fingerprint density at radius 2 is 1.73 bits per heavy atom. The number of carbonyl (C=O) groups is 1. The van der Waals surface area contributed by atoms with Crippen molar-refractivity contribution in [1.29, 1.82) is 0 Å². The van der Waals surface area contributed by atoms with Crippen molar-refractivity contribution in [3.63, 3.8) is 0 Å². The van der Waals surface area contributed by atoms with Gasteiger partial charge in [-0.25, -0.2) is 17.2 Å². The number of ether oxygens (including phenoxy) is 1. The minimum Gasteiger partial charge on any atom is -0.481 e. The van der Waals surface area contributed by atoms with Gasteiger partial charge in [0.05, 0.1) is 17.1 Å². The Morgan fingerprint density at radius 1 is 1.07 bits per heavy atom. The van der Waals surface area contributed by atoms with E-state index in [1.165, 1.54) is 48.5 Å². The maximum Gasteiger partial charge on any atom is 0.307 e. The summed E-state index contributed by atoms with van der Waals surface area (Å²) in [5.41, 5.74) is 0.251. The molecule has 0 unspecified atom stereocenters. The van der Waals surface area contributed by atoms with Gasteiger partial charge in [0.25, 0.3) is 5.92 Å². The van der Waals surface area contributed by atoms with Gasteiger partial charge in [-0.15, -0.1) is 0 Å². The first-order valence-electron chi connectivity index (χ1n) is 9.17. The zero-order valence-corrected chi connectivity index (χ0v) is 17.2. The highest BCUT2D eigenvalue weighted by atomic mass is 32.2. The molecule has 0 bridgehead atoms. The van der Waals surface area contributed by atoms with Crippen molar-refractivity contribution in [3.05, 3.63) is 65.7 Å². The molecule has 30 heavy (non-hydrogen) atoms. The molecule has 158 valence electrons. The first-order valence-corrected chi connectivity index (χ1v) is 10.8. The lowest BCUT2D eigenvalue weighted by Gasteiger charge is -2.15. The number of aliphatic carboxylic acids is 1. The van der Waals surface area contributed by atoms with E-state index in [1.54, 1.807) is 13.0 Å².